The summed E-state index contributed by atoms with van der Waals surface area (Å²) in [5.74, 6) is -3.67. The predicted octanol–water partition coefficient (Wildman–Crippen LogP) is 0.841. The fraction of sp³-hybridized carbons (Fsp3) is 0.680. The summed E-state index contributed by atoms with van der Waals surface area (Å²) in [5, 5.41) is 115. The number of ether oxygens (including phenoxy) is 4. The summed E-state index contributed by atoms with van der Waals surface area (Å²) in [7, 11) is 0. The van der Waals surface area contributed by atoms with Crippen molar-refractivity contribution in [3.05, 3.63) is 85.1 Å². The van der Waals surface area contributed by atoms with Crippen molar-refractivity contribution in [2.75, 3.05) is 0 Å². The highest BCUT2D eigenvalue weighted by atomic mass is 16.7. The van der Waals surface area contributed by atoms with Gasteiger partial charge in [-0.3, -0.25) is 4.79 Å². The average Bonchev–Trinajstić information content (AvgIpc) is 4.10. The van der Waals surface area contributed by atoms with E-state index in [1.807, 2.05) is 49.5 Å². The molecule has 3 heterocycles. The van der Waals surface area contributed by atoms with Crippen molar-refractivity contribution in [2.24, 2.45) is 17.6 Å². The van der Waals surface area contributed by atoms with Crippen molar-refractivity contribution in [3.63, 3.8) is 0 Å². The summed E-state index contributed by atoms with van der Waals surface area (Å²) >= 11 is 0. The fourth-order valence-electron chi connectivity index (χ4n) is 8.44. The molecule has 3 aliphatic heterocycles. The summed E-state index contributed by atoms with van der Waals surface area (Å²) in [6.07, 6.45) is 6.96. The number of amides is 2. The lowest BCUT2D eigenvalue weighted by atomic mass is 9.87. The smallest absolute Gasteiger partial charge is 0.315 e. The van der Waals surface area contributed by atoms with Gasteiger partial charge in [0.15, 0.2) is 12.1 Å². The second-order valence-corrected chi connectivity index (χ2v) is 19.1. The molecule has 19 heteroatoms. The highest BCUT2D eigenvalue weighted by molar-refractivity contribution is 5.75. The molecule has 14 N–H and O–H groups in total. The Hall–Kier alpha value is -3.64. The van der Waals surface area contributed by atoms with Crippen LogP contribution in [0.3, 0.4) is 0 Å². The van der Waals surface area contributed by atoms with Gasteiger partial charge in [-0.2, -0.15) is 0 Å². The Balaban J connectivity index is 1.57. The van der Waals surface area contributed by atoms with Gasteiger partial charge in [-0.25, -0.2) is 4.79 Å². The summed E-state index contributed by atoms with van der Waals surface area (Å²) < 4.78 is 23.7. The number of esters is 1. The van der Waals surface area contributed by atoms with Gasteiger partial charge in [0.05, 0.1) is 85.6 Å². The predicted molar refractivity (Wildman–Crippen MR) is 254 cm³/mol. The van der Waals surface area contributed by atoms with Crippen molar-refractivity contribution in [2.45, 2.75) is 201 Å². The van der Waals surface area contributed by atoms with Crippen LogP contribution in [-0.2, 0) is 23.7 Å². The van der Waals surface area contributed by atoms with E-state index in [2.05, 4.69) is 10.6 Å². The third-order valence-corrected chi connectivity index (χ3v) is 12.9. The lowest BCUT2D eigenvalue weighted by Crippen LogP contribution is -2.64. The van der Waals surface area contributed by atoms with E-state index >= 15 is 0 Å². The SMILES string of the molecule is C[C@@H]1[C@H](O)[C@@H](C)/C=C/C=C/C=C/C=C/C=C/C=C/C=C/[C@H](O[C@@H]2O[C@H](C)[C@@H](O)[C@H](N)[C@@H]2O)C[C@@H]2O[C@](O)(C[C@@H](O)C[C@@H](O)[C@H](O)CC[C@@H](O)C[C@@H](O)CC(=O)O[C@H]1C)C[C@H](O)[C@H]2NC(=O)NC1CC1. The minimum atomic E-state index is -2.23. The number of rotatable bonds is 4. The number of allylic oxidation sites excluding steroid dienone is 12. The molecule has 2 saturated heterocycles. The van der Waals surface area contributed by atoms with Crippen LogP contribution in [0.15, 0.2) is 85.1 Å². The molecule has 0 spiro atoms. The average molecular weight is 978 g/mol. The number of aliphatic hydroxyl groups excluding tert-OH is 9. The molecule has 0 aromatic rings. The zero-order valence-electron chi connectivity index (χ0n) is 40.1. The van der Waals surface area contributed by atoms with E-state index in [1.165, 1.54) is 0 Å². The molecular formula is C50H79N3O16. The van der Waals surface area contributed by atoms with Gasteiger partial charge in [-0.1, -0.05) is 98.9 Å². The van der Waals surface area contributed by atoms with Crippen molar-refractivity contribution in [3.8, 4) is 0 Å². The maximum absolute atomic E-state index is 13.0. The molecule has 1 saturated carbocycles. The zero-order valence-corrected chi connectivity index (χ0v) is 40.1. The Labute approximate surface area is 405 Å². The minimum Gasteiger partial charge on any atom is -0.462 e. The van der Waals surface area contributed by atoms with Crippen molar-refractivity contribution < 1.29 is 79.6 Å². The molecule has 2 amide bonds. The molecule has 3 fully saturated rings. The van der Waals surface area contributed by atoms with E-state index in [4.69, 9.17) is 24.7 Å². The first-order valence-corrected chi connectivity index (χ1v) is 24.2. The first kappa shape index (κ1) is 57.9. The van der Waals surface area contributed by atoms with E-state index in [-0.39, 0.29) is 37.6 Å². The number of nitrogens with two attached hydrogens (primary N) is 1. The molecule has 4 rings (SSSR count). The molecule has 0 aromatic heterocycles. The van der Waals surface area contributed by atoms with Gasteiger partial charge in [-0.05, 0) is 46.0 Å². The summed E-state index contributed by atoms with van der Waals surface area (Å²) in [4.78, 5) is 25.7. The second-order valence-electron chi connectivity index (χ2n) is 19.1. The third kappa shape index (κ3) is 19.8. The van der Waals surface area contributed by atoms with Crippen LogP contribution >= 0.6 is 0 Å². The number of aliphatic hydroxyl groups is 10. The zero-order chi connectivity index (χ0) is 50.8. The molecule has 2 bridgehead atoms. The Morgan fingerprint density at radius 3 is 1.86 bits per heavy atom. The van der Waals surface area contributed by atoms with Crippen LogP contribution in [0.25, 0.3) is 0 Å². The van der Waals surface area contributed by atoms with Gasteiger partial charge in [0.2, 0.25) is 0 Å². The summed E-state index contributed by atoms with van der Waals surface area (Å²) in [5.41, 5.74) is 6.10. The Bertz CT molecular complexity index is 1790. The number of cyclic esters (lactones) is 1. The Kier molecular flexibility index (Phi) is 23.9. The number of urea groups is 1. The van der Waals surface area contributed by atoms with Crippen LogP contribution in [-0.4, -0.2) is 173 Å². The molecule has 19 atom stereocenters. The molecule has 1 aliphatic carbocycles. The number of fused-ring (bicyclic) bond motifs is 2. The highest BCUT2D eigenvalue weighted by Gasteiger charge is 2.49. The third-order valence-electron chi connectivity index (χ3n) is 12.9. The van der Waals surface area contributed by atoms with E-state index in [1.54, 1.807) is 63.3 Å². The fourth-order valence-corrected chi connectivity index (χ4v) is 8.44. The van der Waals surface area contributed by atoms with Gasteiger partial charge in [-0.15, -0.1) is 0 Å². The van der Waals surface area contributed by atoms with Crippen molar-refractivity contribution in [1.29, 1.82) is 0 Å². The molecule has 4 aliphatic rings. The molecular weight excluding hydrogens is 899 g/mol. The molecule has 19 nitrogen and oxygen atoms in total. The van der Waals surface area contributed by atoms with Crippen LogP contribution in [0, 0.1) is 11.8 Å². The van der Waals surface area contributed by atoms with Gasteiger partial charge < -0.3 is 86.4 Å². The van der Waals surface area contributed by atoms with Crippen molar-refractivity contribution in [1.82, 2.24) is 10.6 Å². The van der Waals surface area contributed by atoms with Crippen LogP contribution in [0.4, 0.5) is 4.79 Å². The standard InChI is InChI=1S/C50H79N3O16/c1-29-17-15-13-11-9-7-5-6-8-10-12-14-16-18-37(68-48-47(63)43(51)46(62)32(4)67-48)26-41-44(53-49(64)52-33-19-20-33)40(59)28-50(65,69-41)27-36(56)24-39(58)38(57)22-21-34(54)23-35(55)25-42(60)66-31(3)30(2)45(29)61/h5-18,29-41,43-48,54-59,61-63,65H,19-28,51H2,1-4H3,(H2,52,53,64)/b6-5+,9-7+,10-8+,13-11+,14-12+,17-15+,18-16+/t29-,30-,31-,32+,34+,35+,36-,37-,38+,39+,40-,41-,43-,44+,45+,46+,47-,48-,50+/m0/s1. The minimum absolute atomic E-state index is 0.0324. The number of nitrogens with one attached hydrogen (secondary N) is 2. The van der Waals surface area contributed by atoms with Crippen LogP contribution in [0.5, 0.6) is 0 Å². The summed E-state index contributed by atoms with van der Waals surface area (Å²) in [6.45, 7) is 6.81. The van der Waals surface area contributed by atoms with Gasteiger partial charge >= 0.3 is 12.0 Å². The van der Waals surface area contributed by atoms with Gasteiger partial charge in [0.25, 0.3) is 0 Å². The first-order chi connectivity index (χ1) is 32.7. The van der Waals surface area contributed by atoms with E-state index in [9.17, 15) is 60.7 Å². The van der Waals surface area contributed by atoms with Crippen LogP contribution in [0.1, 0.15) is 91.9 Å². The summed E-state index contributed by atoms with van der Waals surface area (Å²) in [6, 6.07) is -2.85. The number of carbonyl (C=O) groups is 2. The van der Waals surface area contributed by atoms with Crippen molar-refractivity contribution >= 4 is 12.0 Å². The maximum Gasteiger partial charge on any atom is 0.315 e. The van der Waals surface area contributed by atoms with Gasteiger partial charge in [0.1, 0.15) is 12.2 Å². The van der Waals surface area contributed by atoms with E-state index in [0.717, 1.165) is 12.8 Å². The van der Waals surface area contributed by atoms with Gasteiger partial charge in [0, 0.05) is 43.6 Å². The number of carbonyl (C=O) groups excluding carboxylic acids is 2. The largest absolute Gasteiger partial charge is 0.462 e. The maximum atomic E-state index is 13.0. The number of hydrogen-bond donors (Lipinski definition) is 13. The first-order valence-electron chi connectivity index (χ1n) is 24.2. The quantitative estimate of drug-likeness (QED) is 0.174. The molecule has 390 valence electrons. The lowest BCUT2D eigenvalue weighted by molar-refractivity contribution is -0.303. The molecule has 0 aromatic carbocycles. The van der Waals surface area contributed by atoms with Crippen LogP contribution < -0.4 is 16.4 Å². The number of hydrogen-bond acceptors (Lipinski definition) is 17. The topological polar surface area (TPSA) is 323 Å². The van der Waals surface area contributed by atoms with E-state index in [0.29, 0.717) is 0 Å². The van der Waals surface area contributed by atoms with Crippen LogP contribution in [0.2, 0.25) is 0 Å². The Morgan fingerprint density at radius 1 is 0.652 bits per heavy atom. The highest BCUT2D eigenvalue weighted by Crippen LogP contribution is 2.35. The molecule has 69 heavy (non-hydrogen) atoms. The normalized spacial score (nSPS) is 44.5. The van der Waals surface area contributed by atoms with E-state index < -0.39 is 147 Å². The monoisotopic (exact) mass is 978 g/mol. The molecule has 0 unspecified atom stereocenters. The molecule has 0 radical (unpaired) electrons. The second kappa shape index (κ2) is 28.4. The Morgan fingerprint density at radius 2 is 1.25 bits per heavy atom. The lowest BCUT2D eigenvalue weighted by Gasteiger charge is -2.46.